The van der Waals surface area contributed by atoms with E-state index in [1.165, 1.54) is 0 Å². The van der Waals surface area contributed by atoms with Crippen molar-refractivity contribution in [1.29, 1.82) is 0 Å². The second-order valence-corrected chi connectivity index (χ2v) is 5.09. The number of nitrogens with zero attached hydrogens (tertiary/aromatic N) is 3. The van der Waals surface area contributed by atoms with E-state index in [1.807, 2.05) is 24.3 Å². The van der Waals surface area contributed by atoms with Gasteiger partial charge in [-0.1, -0.05) is 6.07 Å². The first kappa shape index (κ1) is 13.6. The van der Waals surface area contributed by atoms with E-state index >= 15 is 0 Å². The second-order valence-electron chi connectivity index (χ2n) is 5.09. The Kier molecular flexibility index (Phi) is 3.85. The van der Waals surface area contributed by atoms with Gasteiger partial charge < -0.3 is 14.1 Å². The fourth-order valence-corrected chi connectivity index (χ4v) is 2.52. The summed E-state index contributed by atoms with van der Waals surface area (Å²) in [4.78, 5) is 12.5. The van der Waals surface area contributed by atoms with Gasteiger partial charge in [-0.05, 0) is 31.0 Å². The molecule has 1 aliphatic rings. The van der Waals surface area contributed by atoms with Gasteiger partial charge in [0, 0.05) is 24.6 Å². The Morgan fingerprint density at radius 3 is 2.86 bits per heavy atom. The van der Waals surface area contributed by atoms with Crippen LogP contribution in [0.3, 0.4) is 0 Å². The van der Waals surface area contributed by atoms with Crippen LogP contribution in [0.2, 0.25) is 0 Å². The maximum Gasteiger partial charge on any atom is 0.247 e. The lowest BCUT2D eigenvalue weighted by Crippen LogP contribution is -2.31. The average Bonchev–Trinajstić information content (AvgIpc) is 3.05. The Hall–Kier alpha value is -2.37. The highest BCUT2D eigenvalue weighted by Crippen LogP contribution is 2.29. The van der Waals surface area contributed by atoms with E-state index in [1.54, 1.807) is 12.0 Å². The molecule has 3 rings (SSSR count). The van der Waals surface area contributed by atoms with Crippen LogP contribution < -0.4 is 4.74 Å². The molecule has 0 aliphatic carbocycles. The largest absolute Gasteiger partial charge is 0.497 e. The van der Waals surface area contributed by atoms with Gasteiger partial charge in [-0.25, -0.2) is 0 Å². The molecule has 1 saturated heterocycles. The van der Waals surface area contributed by atoms with E-state index in [0.29, 0.717) is 11.8 Å². The zero-order valence-corrected chi connectivity index (χ0v) is 11.9. The van der Waals surface area contributed by atoms with E-state index in [4.69, 9.17) is 9.15 Å². The topological polar surface area (TPSA) is 68.5 Å². The molecule has 2 aromatic rings. The van der Waals surface area contributed by atoms with Crippen LogP contribution in [0.5, 0.6) is 5.75 Å². The molecule has 6 nitrogen and oxygen atoms in total. The van der Waals surface area contributed by atoms with Crippen LogP contribution >= 0.6 is 0 Å². The van der Waals surface area contributed by atoms with Crippen LogP contribution in [-0.2, 0) is 4.79 Å². The fourth-order valence-electron chi connectivity index (χ4n) is 2.52. The number of piperidine rings is 1. The van der Waals surface area contributed by atoms with Crippen LogP contribution in [0.1, 0.15) is 24.7 Å². The van der Waals surface area contributed by atoms with Crippen LogP contribution in [0.15, 0.2) is 28.7 Å². The molecular weight excluding hydrogens is 270 g/mol. The number of carbonyl (C=O) groups is 1. The molecule has 0 bridgehead atoms. The molecule has 0 saturated carbocycles. The third-order valence-corrected chi connectivity index (χ3v) is 3.79. The molecule has 2 heterocycles. The molecule has 0 N–H and O–H groups in total. The quantitative estimate of drug-likeness (QED) is 0.805. The van der Waals surface area contributed by atoms with Crippen LogP contribution in [0.25, 0.3) is 11.5 Å². The SMILES string of the molecule is COc1cccc(-c2nnc(C3CCN(C=O)CC3)o2)c1. The molecule has 6 heteroatoms. The Morgan fingerprint density at radius 2 is 2.14 bits per heavy atom. The summed E-state index contributed by atoms with van der Waals surface area (Å²) in [7, 11) is 1.62. The molecule has 0 spiro atoms. The smallest absolute Gasteiger partial charge is 0.247 e. The highest BCUT2D eigenvalue weighted by atomic mass is 16.5. The maximum absolute atomic E-state index is 10.7. The van der Waals surface area contributed by atoms with Crippen molar-refractivity contribution in [2.75, 3.05) is 20.2 Å². The molecule has 1 amide bonds. The predicted molar refractivity (Wildman–Crippen MR) is 75.9 cm³/mol. The molecule has 1 aliphatic heterocycles. The normalized spacial score (nSPS) is 16.0. The Balaban J connectivity index is 1.75. The first-order valence-corrected chi connectivity index (χ1v) is 6.97. The lowest BCUT2D eigenvalue weighted by molar-refractivity contribution is -0.119. The van der Waals surface area contributed by atoms with E-state index in [0.717, 1.165) is 43.7 Å². The fraction of sp³-hybridized carbons (Fsp3) is 0.400. The summed E-state index contributed by atoms with van der Waals surface area (Å²) in [5.74, 6) is 2.14. The Morgan fingerprint density at radius 1 is 1.33 bits per heavy atom. The summed E-state index contributed by atoms with van der Waals surface area (Å²) in [6, 6.07) is 7.54. The van der Waals surface area contributed by atoms with Gasteiger partial charge in [-0.2, -0.15) is 0 Å². The summed E-state index contributed by atoms with van der Waals surface area (Å²) in [6.07, 6.45) is 2.61. The number of amides is 1. The zero-order chi connectivity index (χ0) is 14.7. The number of aromatic nitrogens is 2. The van der Waals surface area contributed by atoms with Gasteiger partial charge in [0.25, 0.3) is 0 Å². The standard InChI is InChI=1S/C15H17N3O3/c1-20-13-4-2-3-12(9-13)15-17-16-14(21-15)11-5-7-18(10-19)8-6-11/h2-4,9-11H,5-8H2,1H3. The predicted octanol–water partition coefficient (Wildman–Crippen LogP) is 2.08. The third-order valence-electron chi connectivity index (χ3n) is 3.79. The van der Waals surface area contributed by atoms with E-state index in [-0.39, 0.29) is 5.92 Å². The van der Waals surface area contributed by atoms with Crippen molar-refractivity contribution in [1.82, 2.24) is 15.1 Å². The van der Waals surface area contributed by atoms with Crippen LogP contribution in [0.4, 0.5) is 0 Å². The molecule has 1 fully saturated rings. The minimum absolute atomic E-state index is 0.230. The van der Waals surface area contributed by atoms with Gasteiger partial charge in [-0.3, -0.25) is 4.79 Å². The molecule has 21 heavy (non-hydrogen) atoms. The van der Waals surface area contributed by atoms with Crippen molar-refractivity contribution < 1.29 is 13.9 Å². The minimum Gasteiger partial charge on any atom is -0.497 e. The molecule has 0 radical (unpaired) electrons. The Labute approximate surface area is 122 Å². The summed E-state index contributed by atoms with van der Waals surface area (Å²) in [5.41, 5.74) is 0.846. The summed E-state index contributed by atoms with van der Waals surface area (Å²) in [5, 5.41) is 8.28. The van der Waals surface area contributed by atoms with Crippen LogP contribution in [0, 0.1) is 0 Å². The highest BCUT2D eigenvalue weighted by Gasteiger charge is 2.24. The number of ether oxygens (including phenoxy) is 1. The van der Waals surface area contributed by atoms with Crippen LogP contribution in [-0.4, -0.2) is 41.7 Å². The van der Waals surface area contributed by atoms with Gasteiger partial charge in [0.15, 0.2) is 0 Å². The van der Waals surface area contributed by atoms with E-state index < -0.39 is 0 Å². The van der Waals surface area contributed by atoms with Gasteiger partial charge in [-0.15, -0.1) is 10.2 Å². The van der Waals surface area contributed by atoms with Gasteiger partial charge in [0.2, 0.25) is 18.2 Å². The molecule has 1 aromatic heterocycles. The lowest BCUT2D eigenvalue weighted by Gasteiger charge is -2.26. The van der Waals surface area contributed by atoms with Gasteiger partial charge in [0.1, 0.15) is 5.75 Å². The summed E-state index contributed by atoms with van der Waals surface area (Å²) in [6.45, 7) is 1.48. The number of hydrogen-bond donors (Lipinski definition) is 0. The Bertz CT molecular complexity index is 618. The molecule has 1 aromatic carbocycles. The van der Waals surface area contributed by atoms with E-state index in [9.17, 15) is 4.79 Å². The summed E-state index contributed by atoms with van der Waals surface area (Å²) >= 11 is 0. The first-order valence-electron chi connectivity index (χ1n) is 6.97. The highest BCUT2D eigenvalue weighted by molar-refractivity contribution is 5.55. The monoisotopic (exact) mass is 287 g/mol. The molecule has 0 atom stereocenters. The zero-order valence-electron chi connectivity index (χ0n) is 11.9. The third kappa shape index (κ3) is 2.89. The number of likely N-dealkylation sites (tertiary alicyclic amines) is 1. The lowest BCUT2D eigenvalue weighted by atomic mass is 9.97. The van der Waals surface area contributed by atoms with Crippen molar-refractivity contribution in [3.05, 3.63) is 30.2 Å². The maximum atomic E-state index is 10.7. The first-order chi connectivity index (χ1) is 10.3. The van der Waals surface area contributed by atoms with Gasteiger partial charge in [0.05, 0.1) is 7.11 Å². The number of benzene rings is 1. The van der Waals surface area contributed by atoms with Crippen molar-refractivity contribution in [2.45, 2.75) is 18.8 Å². The summed E-state index contributed by atoms with van der Waals surface area (Å²) < 4.78 is 11.0. The minimum atomic E-state index is 0.230. The molecular formula is C15H17N3O3. The molecule has 0 unspecified atom stereocenters. The van der Waals surface area contributed by atoms with E-state index in [2.05, 4.69) is 10.2 Å². The number of hydrogen-bond acceptors (Lipinski definition) is 5. The van der Waals surface area contributed by atoms with Crippen molar-refractivity contribution >= 4 is 6.41 Å². The molecule has 110 valence electrons. The van der Waals surface area contributed by atoms with Gasteiger partial charge >= 0.3 is 0 Å². The average molecular weight is 287 g/mol. The van der Waals surface area contributed by atoms with Crippen molar-refractivity contribution in [3.63, 3.8) is 0 Å². The number of rotatable bonds is 4. The number of methoxy groups -OCH3 is 1. The van der Waals surface area contributed by atoms with Crippen molar-refractivity contribution in [3.8, 4) is 17.2 Å². The number of carbonyl (C=O) groups excluding carboxylic acids is 1. The second kappa shape index (κ2) is 5.95. The van der Waals surface area contributed by atoms with Crippen molar-refractivity contribution in [2.24, 2.45) is 0 Å².